The number of unbranched alkanes of at least 4 members (excludes halogenated alkanes) is 4. The Bertz CT molecular complexity index is 246. The van der Waals surface area contributed by atoms with E-state index >= 15 is 0 Å². The minimum Gasteiger partial charge on any atom is -0.369 e. The van der Waals surface area contributed by atoms with Crippen LogP contribution in [-0.4, -0.2) is 31.5 Å². The molecule has 5 heteroatoms. The minimum absolute atomic E-state index is 0.233. The molecule has 1 rings (SSSR count). The maximum atomic E-state index is 12.1. The number of alkyl halides is 3. The molecule has 20 heavy (non-hydrogen) atoms. The quantitative estimate of drug-likeness (QED) is 0.635. The molecule has 1 aliphatic carbocycles. The average molecular weight is 295 g/mol. The van der Waals surface area contributed by atoms with Gasteiger partial charge in [0, 0.05) is 6.04 Å². The van der Waals surface area contributed by atoms with Crippen LogP contribution in [0.25, 0.3) is 0 Å². The number of halogens is 3. The van der Waals surface area contributed by atoms with Gasteiger partial charge in [0.25, 0.3) is 0 Å². The predicted octanol–water partition coefficient (Wildman–Crippen LogP) is 4.44. The summed E-state index contributed by atoms with van der Waals surface area (Å²) in [6.07, 6.45) is 5.24. The first-order valence-corrected chi connectivity index (χ1v) is 7.93. The van der Waals surface area contributed by atoms with E-state index in [1.165, 1.54) is 25.7 Å². The highest BCUT2D eigenvalue weighted by atomic mass is 19.4. The molecule has 0 saturated heterocycles. The van der Waals surface area contributed by atoms with Gasteiger partial charge in [0.2, 0.25) is 0 Å². The fraction of sp³-hybridized carbons (Fsp3) is 1.00. The van der Waals surface area contributed by atoms with Crippen LogP contribution in [0, 0.1) is 0 Å². The largest absolute Gasteiger partial charge is 0.411 e. The minimum atomic E-state index is -4.21. The number of hydrogen-bond donors (Lipinski definition) is 1. The van der Waals surface area contributed by atoms with Gasteiger partial charge < -0.3 is 10.1 Å². The van der Waals surface area contributed by atoms with E-state index in [0.717, 1.165) is 32.2 Å². The Hall–Kier alpha value is -0.290. The molecule has 1 fully saturated rings. The Kier molecular flexibility index (Phi) is 8.53. The first-order valence-electron chi connectivity index (χ1n) is 7.93. The van der Waals surface area contributed by atoms with Gasteiger partial charge in [-0.3, -0.25) is 0 Å². The highest BCUT2D eigenvalue weighted by molar-refractivity contribution is 4.78. The lowest BCUT2D eigenvalue weighted by atomic mass is 9.92. The van der Waals surface area contributed by atoms with Crippen LogP contribution in [0.15, 0.2) is 0 Å². The van der Waals surface area contributed by atoms with Crippen molar-refractivity contribution in [3.8, 4) is 0 Å². The fourth-order valence-electron chi connectivity index (χ4n) is 2.73. The molecule has 1 saturated carbocycles. The van der Waals surface area contributed by atoms with Gasteiger partial charge in [-0.05, 0) is 38.6 Å². The topological polar surface area (TPSA) is 21.3 Å². The molecule has 0 aliphatic heterocycles. The second-order valence-electron chi connectivity index (χ2n) is 5.78. The zero-order valence-electron chi connectivity index (χ0n) is 12.5. The summed E-state index contributed by atoms with van der Waals surface area (Å²) < 4.78 is 41.3. The molecule has 0 aromatic carbocycles. The predicted molar refractivity (Wildman–Crippen MR) is 74.8 cm³/mol. The van der Waals surface area contributed by atoms with Crippen molar-refractivity contribution in [1.82, 2.24) is 5.32 Å². The van der Waals surface area contributed by atoms with Crippen LogP contribution in [0.3, 0.4) is 0 Å². The second kappa shape index (κ2) is 9.61. The molecule has 2 atom stereocenters. The summed E-state index contributed by atoms with van der Waals surface area (Å²) in [6, 6.07) is 0.327. The Morgan fingerprint density at radius 3 is 2.55 bits per heavy atom. The van der Waals surface area contributed by atoms with Gasteiger partial charge in [-0.2, -0.15) is 13.2 Å². The lowest BCUT2D eigenvalue weighted by Crippen LogP contribution is -2.38. The molecule has 0 bridgehead atoms. The van der Waals surface area contributed by atoms with Crippen LogP contribution >= 0.6 is 0 Å². The molecular formula is C15H28F3NO. The van der Waals surface area contributed by atoms with Gasteiger partial charge in [0.15, 0.2) is 0 Å². The van der Waals surface area contributed by atoms with Gasteiger partial charge in [-0.15, -0.1) is 0 Å². The van der Waals surface area contributed by atoms with Crippen molar-refractivity contribution < 1.29 is 17.9 Å². The van der Waals surface area contributed by atoms with Crippen LogP contribution < -0.4 is 5.32 Å². The zero-order chi connectivity index (χ0) is 14.8. The van der Waals surface area contributed by atoms with E-state index in [-0.39, 0.29) is 6.10 Å². The summed E-state index contributed by atoms with van der Waals surface area (Å²) >= 11 is 0. The van der Waals surface area contributed by atoms with E-state index in [9.17, 15) is 13.2 Å². The Morgan fingerprint density at radius 1 is 1.10 bits per heavy atom. The summed E-state index contributed by atoms with van der Waals surface area (Å²) in [4.78, 5) is 0. The van der Waals surface area contributed by atoms with Gasteiger partial charge in [0.05, 0.1) is 6.10 Å². The highest BCUT2D eigenvalue weighted by Crippen LogP contribution is 2.24. The molecule has 1 N–H and O–H groups in total. The van der Waals surface area contributed by atoms with Gasteiger partial charge >= 0.3 is 6.18 Å². The smallest absolute Gasteiger partial charge is 0.369 e. The SMILES string of the molecule is CCCCCCCNC1CCCC(OCC(F)(F)F)C1. The van der Waals surface area contributed by atoms with Crippen LogP contribution in [0.4, 0.5) is 13.2 Å². The summed E-state index contributed by atoms with van der Waals surface area (Å²) in [5, 5.41) is 3.46. The average Bonchev–Trinajstić information content (AvgIpc) is 2.40. The molecule has 120 valence electrons. The van der Waals surface area contributed by atoms with Crippen LogP contribution in [0.1, 0.15) is 64.7 Å². The van der Waals surface area contributed by atoms with E-state index in [1.807, 2.05) is 0 Å². The highest BCUT2D eigenvalue weighted by Gasteiger charge is 2.31. The van der Waals surface area contributed by atoms with Crippen molar-refractivity contribution in [2.45, 2.75) is 83.0 Å². The molecule has 0 spiro atoms. The van der Waals surface area contributed by atoms with Crippen molar-refractivity contribution in [3.63, 3.8) is 0 Å². The lowest BCUT2D eigenvalue weighted by Gasteiger charge is -2.30. The first-order chi connectivity index (χ1) is 9.51. The Morgan fingerprint density at radius 2 is 1.85 bits per heavy atom. The van der Waals surface area contributed by atoms with Crippen molar-refractivity contribution in [2.24, 2.45) is 0 Å². The molecule has 2 nitrogen and oxygen atoms in total. The molecule has 2 unspecified atom stereocenters. The number of nitrogens with one attached hydrogen (secondary N) is 1. The third-order valence-electron chi connectivity index (χ3n) is 3.82. The van der Waals surface area contributed by atoms with Crippen LogP contribution in [0.5, 0.6) is 0 Å². The van der Waals surface area contributed by atoms with Gasteiger partial charge in [-0.1, -0.05) is 32.6 Å². The summed E-state index contributed by atoms with van der Waals surface area (Å²) in [5.74, 6) is 0. The molecule has 0 heterocycles. The van der Waals surface area contributed by atoms with Crippen LogP contribution in [-0.2, 0) is 4.74 Å². The lowest BCUT2D eigenvalue weighted by molar-refractivity contribution is -0.188. The monoisotopic (exact) mass is 295 g/mol. The standard InChI is InChI=1S/C15H28F3NO/c1-2-3-4-5-6-10-19-13-8-7-9-14(11-13)20-12-15(16,17)18/h13-14,19H,2-12H2,1H3. The molecule has 0 aromatic heterocycles. The van der Waals surface area contributed by atoms with E-state index in [2.05, 4.69) is 12.2 Å². The summed E-state index contributed by atoms with van der Waals surface area (Å²) in [7, 11) is 0. The maximum absolute atomic E-state index is 12.1. The normalized spacial score (nSPS) is 24.0. The Labute approximate surface area is 120 Å². The third kappa shape index (κ3) is 8.80. The first kappa shape index (κ1) is 17.8. The van der Waals surface area contributed by atoms with E-state index < -0.39 is 12.8 Å². The summed E-state index contributed by atoms with van der Waals surface area (Å²) in [5.41, 5.74) is 0. The van der Waals surface area contributed by atoms with Crippen molar-refractivity contribution in [2.75, 3.05) is 13.2 Å². The molecule has 0 aromatic rings. The van der Waals surface area contributed by atoms with Crippen molar-refractivity contribution >= 4 is 0 Å². The van der Waals surface area contributed by atoms with Gasteiger partial charge in [-0.25, -0.2) is 0 Å². The van der Waals surface area contributed by atoms with Crippen molar-refractivity contribution in [1.29, 1.82) is 0 Å². The van der Waals surface area contributed by atoms with E-state index in [1.54, 1.807) is 0 Å². The van der Waals surface area contributed by atoms with Gasteiger partial charge in [0.1, 0.15) is 6.61 Å². The van der Waals surface area contributed by atoms with E-state index in [0.29, 0.717) is 12.5 Å². The molecular weight excluding hydrogens is 267 g/mol. The van der Waals surface area contributed by atoms with Crippen LogP contribution in [0.2, 0.25) is 0 Å². The second-order valence-corrected chi connectivity index (χ2v) is 5.78. The van der Waals surface area contributed by atoms with E-state index in [4.69, 9.17) is 4.74 Å². The molecule has 1 aliphatic rings. The number of ether oxygens (including phenoxy) is 1. The number of rotatable bonds is 9. The fourth-order valence-corrected chi connectivity index (χ4v) is 2.73. The maximum Gasteiger partial charge on any atom is 0.411 e. The third-order valence-corrected chi connectivity index (χ3v) is 3.82. The molecule has 0 amide bonds. The molecule has 0 radical (unpaired) electrons. The summed E-state index contributed by atoms with van der Waals surface area (Å²) in [6.45, 7) is 2.06. The zero-order valence-corrected chi connectivity index (χ0v) is 12.5. The van der Waals surface area contributed by atoms with Crippen molar-refractivity contribution in [3.05, 3.63) is 0 Å². The number of hydrogen-bond acceptors (Lipinski definition) is 2. The Balaban J connectivity index is 2.08.